The largest absolute Gasteiger partial charge is 0.488 e. The summed E-state index contributed by atoms with van der Waals surface area (Å²) in [4.78, 5) is 4.70. The van der Waals surface area contributed by atoms with Gasteiger partial charge in [-0.15, -0.1) is 0 Å². The number of guanidine groups is 1. The number of para-hydroxylation sites is 1. The molecule has 27 heavy (non-hydrogen) atoms. The van der Waals surface area contributed by atoms with Crippen molar-refractivity contribution in [3.63, 3.8) is 0 Å². The van der Waals surface area contributed by atoms with E-state index in [0.29, 0.717) is 6.54 Å². The zero-order valence-electron chi connectivity index (χ0n) is 17.2. The molecule has 0 bridgehead atoms. The van der Waals surface area contributed by atoms with Crippen molar-refractivity contribution >= 4 is 5.96 Å². The van der Waals surface area contributed by atoms with Crippen molar-refractivity contribution in [2.24, 2.45) is 4.99 Å². The van der Waals surface area contributed by atoms with Crippen molar-refractivity contribution in [3.8, 4) is 5.75 Å². The molecule has 1 aliphatic rings. The predicted octanol–water partition coefficient (Wildman–Crippen LogP) is 3.11. The molecule has 2 N–H and O–H groups in total. The van der Waals surface area contributed by atoms with Crippen molar-refractivity contribution in [2.45, 2.75) is 58.8 Å². The van der Waals surface area contributed by atoms with E-state index in [9.17, 15) is 0 Å². The lowest BCUT2D eigenvalue weighted by atomic mass is 10.1. The molecule has 2 rings (SSSR count). The minimum atomic E-state index is -0.229. The Bertz CT molecular complexity index is 578. The first-order valence-electron chi connectivity index (χ1n) is 9.96. The van der Waals surface area contributed by atoms with E-state index in [4.69, 9.17) is 19.2 Å². The lowest BCUT2D eigenvalue weighted by Crippen LogP contribution is -2.38. The number of aliphatic imine (C=N–C) groups is 1. The van der Waals surface area contributed by atoms with Crippen LogP contribution >= 0.6 is 0 Å². The van der Waals surface area contributed by atoms with Crippen LogP contribution in [0.4, 0.5) is 0 Å². The number of hydrogen-bond donors (Lipinski definition) is 2. The Labute approximate surface area is 163 Å². The normalized spacial score (nSPS) is 17.8. The molecule has 0 radical (unpaired) electrons. The fraction of sp³-hybridized carbons (Fsp3) is 0.667. The van der Waals surface area contributed by atoms with Crippen LogP contribution < -0.4 is 15.4 Å². The Morgan fingerprint density at radius 3 is 2.78 bits per heavy atom. The maximum absolute atomic E-state index is 6.05. The number of nitrogens with zero attached hydrogens (tertiary/aromatic N) is 1. The number of nitrogens with one attached hydrogen (secondary N) is 2. The van der Waals surface area contributed by atoms with Gasteiger partial charge in [-0.05, 0) is 46.6 Å². The van der Waals surface area contributed by atoms with Gasteiger partial charge < -0.3 is 24.8 Å². The van der Waals surface area contributed by atoms with Gasteiger partial charge >= 0.3 is 0 Å². The molecule has 1 heterocycles. The van der Waals surface area contributed by atoms with Crippen molar-refractivity contribution in [2.75, 3.05) is 32.9 Å². The zero-order chi connectivity index (χ0) is 19.5. The Morgan fingerprint density at radius 2 is 2.07 bits per heavy atom. The highest BCUT2D eigenvalue weighted by Crippen LogP contribution is 2.23. The Kier molecular flexibility index (Phi) is 8.88. The van der Waals surface area contributed by atoms with Crippen LogP contribution in [-0.2, 0) is 16.0 Å². The Balaban J connectivity index is 1.82. The fourth-order valence-electron chi connectivity index (χ4n) is 2.74. The molecule has 1 atom stereocenters. The summed E-state index contributed by atoms with van der Waals surface area (Å²) in [6.07, 6.45) is 2.21. The second-order valence-corrected chi connectivity index (χ2v) is 7.65. The lowest BCUT2D eigenvalue weighted by molar-refractivity contribution is 0.0420. The van der Waals surface area contributed by atoms with Gasteiger partial charge in [0.15, 0.2) is 5.96 Å². The molecule has 0 amide bonds. The molecule has 6 nitrogen and oxygen atoms in total. The van der Waals surface area contributed by atoms with Crippen LogP contribution in [-0.4, -0.2) is 50.6 Å². The summed E-state index contributed by atoms with van der Waals surface area (Å²) in [5, 5.41) is 6.66. The van der Waals surface area contributed by atoms with Crippen molar-refractivity contribution in [3.05, 3.63) is 29.8 Å². The highest BCUT2D eigenvalue weighted by Gasteiger charge is 2.15. The Hall–Kier alpha value is -1.79. The molecule has 1 saturated heterocycles. The average Bonchev–Trinajstić information content (AvgIpc) is 3.12. The van der Waals surface area contributed by atoms with E-state index in [1.54, 1.807) is 0 Å². The molecule has 0 aliphatic carbocycles. The topological polar surface area (TPSA) is 64.1 Å². The summed E-state index contributed by atoms with van der Waals surface area (Å²) in [5.74, 6) is 1.70. The van der Waals surface area contributed by atoms with Gasteiger partial charge in [0.1, 0.15) is 11.4 Å². The summed E-state index contributed by atoms with van der Waals surface area (Å²) in [5.41, 5.74) is 0.849. The van der Waals surface area contributed by atoms with E-state index >= 15 is 0 Å². The van der Waals surface area contributed by atoms with Crippen LogP contribution in [0.25, 0.3) is 0 Å². The van der Waals surface area contributed by atoms with Gasteiger partial charge in [0, 0.05) is 31.9 Å². The molecular formula is C21H35N3O3. The summed E-state index contributed by atoms with van der Waals surface area (Å²) in [6, 6.07) is 8.07. The summed E-state index contributed by atoms with van der Waals surface area (Å²) in [6.45, 7) is 12.7. The second kappa shape index (κ2) is 11.1. The van der Waals surface area contributed by atoms with Gasteiger partial charge in [-0.2, -0.15) is 0 Å². The third-order valence-corrected chi connectivity index (χ3v) is 4.00. The van der Waals surface area contributed by atoms with E-state index < -0.39 is 0 Å². The third-order valence-electron chi connectivity index (χ3n) is 4.00. The fourth-order valence-corrected chi connectivity index (χ4v) is 2.74. The molecule has 0 saturated carbocycles. The lowest BCUT2D eigenvalue weighted by Gasteiger charge is -2.23. The molecule has 1 aromatic rings. The quantitative estimate of drug-likeness (QED) is 0.393. The molecule has 6 heteroatoms. The summed E-state index contributed by atoms with van der Waals surface area (Å²) < 4.78 is 17.2. The minimum Gasteiger partial charge on any atom is -0.488 e. The van der Waals surface area contributed by atoms with Crippen LogP contribution in [0.2, 0.25) is 0 Å². The predicted molar refractivity (Wildman–Crippen MR) is 109 cm³/mol. The standard InChI is InChI=1S/C21H35N3O3/c1-5-22-20(23-12-8-13-26-18-11-14-25-16-18)24-15-17-9-6-7-10-19(17)27-21(2,3)4/h6-7,9-10,18H,5,8,11-16H2,1-4H3,(H2,22,23,24). The van der Waals surface area contributed by atoms with E-state index in [1.807, 2.05) is 18.2 Å². The van der Waals surface area contributed by atoms with Crippen LogP contribution in [0.5, 0.6) is 5.75 Å². The van der Waals surface area contributed by atoms with E-state index in [2.05, 4.69) is 44.4 Å². The number of hydrogen-bond acceptors (Lipinski definition) is 4. The average molecular weight is 378 g/mol. The molecule has 1 aliphatic heterocycles. The van der Waals surface area contributed by atoms with Crippen LogP contribution in [0, 0.1) is 0 Å². The first-order chi connectivity index (χ1) is 13.0. The smallest absolute Gasteiger partial charge is 0.191 e. The first-order valence-corrected chi connectivity index (χ1v) is 9.96. The SMILES string of the molecule is CCNC(=NCc1ccccc1OC(C)(C)C)NCCCOC1CCOC1. The van der Waals surface area contributed by atoms with Gasteiger partial charge in [-0.3, -0.25) is 0 Å². The maximum Gasteiger partial charge on any atom is 0.191 e. The number of rotatable bonds is 9. The van der Waals surface area contributed by atoms with E-state index in [-0.39, 0.29) is 11.7 Å². The molecule has 1 fully saturated rings. The van der Waals surface area contributed by atoms with Gasteiger partial charge in [-0.1, -0.05) is 18.2 Å². The second-order valence-electron chi connectivity index (χ2n) is 7.65. The third kappa shape index (κ3) is 8.63. The highest BCUT2D eigenvalue weighted by atomic mass is 16.5. The summed E-state index contributed by atoms with van der Waals surface area (Å²) in [7, 11) is 0. The molecule has 1 unspecified atom stereocenters. The molecule has 152 valence electrons. The monoisotopic (exact) mass is 377 g/mol. The number of ether oxygens (including phenoxy) is 3. The van der Waals surface area contributed by atoms with Gasteiger partial charge in [0.25, 0.3) is 0 Å². The highest BCUT2D eigenvalue weighted by molar-refractivity contribution is 5.79. The van der Waals surface area contributed by atoms with E-state index in [1.165, 1.54) is 0 Å². The molecule has 1 aromatic carbocycles. The minimum absolute atomic E-state index is 0.229. The maximum atomic E-state index is 6.05. The van der Waals surface area contributed by atoms with Gasteiger partial charge in [0.05, 0.1) is 19.3 Å². The van der Waals surface area contributed by atoms with Crippen molar-refractivity contribution in [1.82, 2.24) is 10.6 Å². The number of benzene rings is 1. The van der Waals surface area contributed by atoms with Gasteiger partial charge in [-0.25, -0.2) is 4.99 Å². The van der Waals surface area contributed by atoms with Crippen LogP contribution in [0.1, 0.15) is 46.1 Å². The zero-order valence-corrected chi connectivity index (χ0v) is 17.2. The Morgan fingerprint density at radius 1 is 1.26 bits per heavy atom. The van der Waals surface area contributed by atoms with E-state index in [0.717, 1.165) is 63.0 Å². The van der Waals surface area contributed by atoms with Crippen molar-refractivity contribution < 1.29 is 14.2 Å². The summed E-state index contributed by atoms with van der Waals surface area (Å²) >= 11 is 0. The van der Waals surface area contributed by atoms with Gasteiger partial charge in [0.2, 0.25) is 0 Å². The van der Waals surface area contributed by atoms with Crippen molar-refractivity contribution in [1.29, 1.82) is 0 Å². The first kappa shape index (κ1) is 21.5. The molecule has 0 aromatic heterocycles. The van der Waals surface area contributed by atoms with Crippen LogP contribution in [0.15, 0.2) is 29.3 Å². The molecule has 0 spiro atoms. The van der Waals surface area contributed by atoms with Crippen LogP contribution in [0.3, 0.4) is 0 Å². The molecular weight excluding hydrogens is 342 g/mol.